The molecule has 0 aliphatic carbocycles. The molecule has 0 radical (unpaired) electrons. The number of halogens is 1. The number of nitrogens with zero attached hydrogens (tertiary/aromatic N) is 1. The Morgan fingerprint density at radius 1 is 1.22 bits per heavy atom. The van der Waals surface area contributed by atoms with E-state index in [1.54, 1.807) is 13.2 Å². The van der Waals surface area contributed by atoms with Gasteiger partial charge in [0, 0.05) is 42.8 Å². The number of rotatable bonds is 12. The summed E-state index contributed by atoms with van der Waals surface area (Å²) in [6, 6.07) is 18.9. The highest BCUT2D eigenvalue weighted by atomic mass is 35.5. The van der Waals surface area contributed by atoms with Crippen LogP contribution in [0.1, 0.15) is 28.9 Å². The first-order chi connectivity index (χ1) is 15.5. The van der Waals surface area contributed by atoms with Crippen molar-refractivity contribution in [1.82, 2.24) is 14.7 Å². The average molecular weight is 458 g/mol. The number of carbonyl (C=O) groups is 2. The maximum atomic E-state index is 12.7. The molecule has 7 nitrogen and oxygen atoms in total. The first-order valence-electron chi connectivity index (χ1n) is 10.4. The summed E-state index contributed by atoms with van der Waals surface area (Å²) < 4.78 is 6.47. The zero-order chi connectivity index (χ0) is 23.0. The molecule has 3 N–H and O–H groups in total. The van der Waals surface area contributed by atoms with Gasteiger partial charge >= 0.3 is 0 Å². The summed E-state index contributed by atoms with van der Waals surface area (Å²) in [5, 5.41) is 17.6. The Hall–Kier alpha value is -2.71. The van der Waals surface area contributed by atoms with E-state index >= 15 is 0 Å². The van der Waals surface area contributed by atoms with E-state index in [1.807, 2.05) is 54.6 Å². The van der Waals surface area contributed by atoms with Crippen molar-refractivity contribution in [1.29, 1.82) is 0 Å². The summed E-state index contributed by atoms with van der Waals surface area (Å²) in [5.41, 5.74) is 1.34. The Balaban J connectivity index is 1.69. The van der Waals surface area contributed by atoms with Gasteiger partial charge in [-0.2, -0.15) is 0 Å². The minimum absolute atomic E-state index is 0.0152. The Morgan fingerprint density at radius 3 is 2.62 bits per heavy atom. The third-order valence-electron chi connectivity index (χ3n) is 5.46. The highest BCUT2D eigenvalue weighted by Gasteiger charge is 2.32. The number of hydrogen-bond donors (Lipinski definition) is 3. The molecule has 32 heavy (non-hydrogen) atoms. The average Bonchev–Trinajstić information content (AvgIpc) is 3.14. The topological polar surface area (TPSA) is 92.6 Å². The smallest absolute Gasteiger partial charge is 0.269 e. The second-order valence-corrected chi connectivity index (χ2v) is 8.20. The van der Waals surface area contributed by atoms with E-state index in [0.717, 1.165) is 22.8 Å². The number of methoxy groups -OCH3 is 1. The molecule has 170 valence electrons. The number of carbonyl (C=O) groups excluding carboxylic acids is 2. The number of ether oxygens (including phenoxy) is 1. The lowest BCUT2D eigenvalue weighted by atomic mass is 9.83. The number of amides is 1. The fourth-order valence-electron chi connectivity index (χ4n) is 3.91. The second-order valence-electron chi connectivity index (χ2n) is 7.86. The SMILES string of the molecule is COCNC(CC=O)(Cc1ccccc1)CC(O)CNC(=O)c1cc2ccccc2n1Cl. The third kappa shape index (κ3) is 5.95. The lowest BCUT2D eigenvalue weighted by molar-refractivity contribution is -0.109. The summed E-state index contributed by atoms with van der Waals surface area (Å²) in [5.74, 6) is -0.385. The number of hydrogen-bond acceptors (Lipinski definition) is 5. The lowest BCUT2D eigenvalue weighted by Crippen LogP contribution is -2.52. The molecule has 3 rings (SSSR count). The maximum absolute atomic E-state index is 12.7. The van der Waals surface area contributed by atoms with Crippen molar-refractivity contribution >= 4 is 34.9 Å². The molecule has 1 heterocycles. The monoisotopic (exact) mass is 457 g/mol. The number of para-hydroxylation sites is 1. The van der Waals surface area contributed by atoms with Crippen molar-refractivity contribution in [2.75, 3.05) is 20.4 Å². The van der Waals surface area contributed by atoms with E-state index in [2.05, 4.69) is 10.6 Å². The van der Waals surface area contributed by atoms with Gasteiger partial charge in [-0.1, -0.05) is 48.5 Å². The van der Waals surface area contributed by atoms with E-state index in [-0.39, 0.29) is 32.0 Å². The number of nitrogens with one attached hydrogen (secondary N) is 2. The molecule has 2 unspecified atom stereocenters. The van der Waals surface area contributed by atoms with Crippen LogP contribution in [0.25, 0.3) is 10.9 Å². The highest BCUT2D eigenvalue weighted by molar-refractivity contribution is 6.22. The minimum atomic E-state index is -0.889. The van der Waals surface area contributed by atoms with Crippen LogP contribution >= 0.6 is 11.8 Å². The van der Waals surface area contributed by atoms with Gasteiger partial charge in [-0.3, -0.25) is 10.1 Å². The fourth-order valence-corrected chi connectivity index (χ4v) is 4.19. The molecular weight excluding hydrogens is 430 g/mol. The van der Waals surface area contributed by atoms with Crippen molar-refractivity contribution < 1.29 is 19.4 Å². The molecule has 1 aromatic heterocycles. The first-order valence-corrected chi connectivity index (χ1v) is 10.8. The maximum Gasteiger partial charge on any atom is 0.269 e. The highest BCUT2D eigenvalue weighted by Crippen LogP contribution is 2.24. The molecule has 0 saturated carbocycles. The molecule has 0 spiro atoms. The number of aromatic nitrogens is 1. The molecule has 2 aromatic carbocycles. The summed E-state index contributed by atoms with van der Waals surface area (Å²) in [6.07, 6.45) is 0.903. The molecule has 0 aliphatic rings. The molecule has 1 amide bonds. The predicted octanol–water partition coefficient (Wildman–Crippen LogP) is 2.89. The van der Waals surface area contributed by atoms with Crippen LogP contribution < -0.4 is 10.6 Å². The van der Waals surface area contributed by atoms with E-state index < -0.39 is 11.6 Å². The third-order valence-corrected chi connectivity index (χ3v) is 5.82. The van der Waals surface area contributed by atoms with Crippen LogP contribution in [-0.2, 0) is 16.0 Å². The molecule has 0 fully saturated rings. The van der Waals surface area contributed by atoms with Gasteiger partial charge in [0.1, 0.15) is 12.0 Å². The molecule has 8 heteroatoms. The van der Waals surface area contributed by atoms with Crippen LogP contribution in [0.15, 0.2) is 60.7 Å². The molecule has 0 bridgehead atoms. The van der Waals surface area contributed by atoms with Crippen LogP contribution in [0.3, 0.4) is 0 Å². The molecule has 2 atom stereocenters. The summed E-state index contributed by atoms with van der Waals surface area (Å²) >= 11 is 6.29. The summed E-state index contributed by atoms with van der Waals surface area (Å²) in [6.45, 7) is 0.243. The summed E-state index contributed by atoms with van der Waals surface area (Å²) in [4.78, 5) is 24.2. The zero-order valence-electron chi connectivity index (χ0n) is 18.0. The van der Waals surface area contributed by atoms with E-state index in [0.29, 0.717) is 12.1 Å². The number of aliphatic hydroxyl groups excluding tert-OH is 1. The van der Waals surface area contributed by atoms with Gasteiger partial charge in [-0.25, -0.2) is 4.09 Å². The van der Waals surface area contributed by atoms with Gasteiger partial charge in [0.25, 0.3) is 5.91 Å². The summed E-state index contributed by atoms with van der Waals surface area (Å²) in [7, 11) is 1.56. The zero-order valence-corrected chi connectivity index (χ0v) is 18.7. The number of aldehydes is 1. The Bertz CT molecular complexity index is 1040. The molecular formula is C24H28ClN3O4. The van der Waals surface area contributed by atoms with Gasteiger partial charge in [-0.05, 0) is 30.5 Å². The minimum Gasteiger partial charge on any atom is -0.391 e. The molecule has 3 aromatic rings. The fraction of sp³-hybridized carbons (Fsp3) is 0.333. The number of aliphatic hydroxyl groups is 1. The van der Waals surface area contributed by atoms with Crippen molar-refractivity contribution in [2.24, 2.45) is 0 Å². The number of benzene rings is 2. The van der Waals surface area contributed by atoms with Crippen LogP contribution in [0.5, 0.6) is 0 Å². The quantitative estimate of drug-likeness (QED) is 0.287. The molecule has 0 saturated heterocycles. The molecule has 0 aliphatic heterocycles. The van der Waals surface area contributed by atoms with Gasteiger partial charge < -0.3 is 20.0 Å². The van der Waals surface area contributed by atoms with Crippen molar-refractivity contribution in [3.8, 4) is 0 Å². The van der Waals surface area contributed by atoms with Gasteiger partial charge in [0.15, 0.2) is 0 Å². The first kappa shape index (κ1) is 23.9. The largest absolute Gasteiger partial charge is 0.391 e. The van der Waals surface area contributed by atoms with E-state index in [1.165, 1.54) is 4.09 Å². The van der Waals surface area contributed by atoms with E-state index in [9.17, 15) is 14.7 Å². The lowest BCUT2D eigenvalue weighted by Gasteiger charge is -2.35. The predicted molar refractivity (Wildman–Crippen MR) is 125 cm³/mol. The normalized spacial score (nSPS) is 14.1. The van der Waals surface area contributed by atoms with Crippen molar-refractivity contribution in [3.63, 3.8) is 0 Å². The van der Waals surface area contributed by atoms with Crippen LogP contribution in [0.2, 0.25) is 0 Å². The van der Waals surface area contributed by atoms with Crippen molar-refractivity contribution in [2.45, 2.75) is 30.9 Å². The van der Waals surface area contributed by atoms with E-state index in [4.69, 9.17) is 16.5 Å². The van der Waals surface area contributed by atoms with Gasteiger partial charge in [0.2, 0.25) is 0 Å². The number of fused-ring (bicyclic) bond motifs is 1. The van der Waals surface area contributed by atoms with Crippen LogP contribution in [0, 0.1) is 0 Å². The standard InChI is InChI=1S/C24H28ClN3O4/c1-32-17-27-24(11-12-29,14-18-7-3-2-4-8-18)15-20(30)16-26-23(31)22-13-19-9-5-6-10-21(19)28(22)25/h2-10,12-13,20,27,30H,11,14-17H2,1H3,(H,26,31). The Labute approximate surface area is 192 Å². The van der Waals surface area contributed by atoms with Crippen molar-refractivity contribution in [3.05, 3.63) is 71.9 Å². The van der Waals surface area contributed by atoms with Crippen LogP contribution in [-0.4, -0.2) is 53.4 Å². The van der Waals surface area contributed by atoms with Crippen LogP contribution in [0.4, 0.5) is 0 Å². The second kappa shape index (κ2) is 11.2. The Morgan fingerprint density at radius 2 is 1.94 bits per heavy atom. The van der Waals surface area contributed by atoms with Gasteiger partial charge in [0.05, 0.1) is 18.4 Å². The van der Waals surface area contributed by atoms with Gasteiger partial charge in [-0.15, -0.1) is 0 Å². The Kier molecular flexibility index (Phi) is 8.41.